The van der Waals surface area contributed by atoms with Crippen molar-refractivity contribution in [1.82, 2.24) is 9.29 Å². The summed E-state index contributed by atoms with van der Waals surface area (Å²) in [4.78, 5) is 15.4. The fourth-order valence-corrected chi connectivity index (χ4v) is 5.11. The highest BCUT2D eigenvalue weighted by Crippen LogP contribution is 2.32. The first kappa shape index (κ1) is 19.8. The minimum atomic E-state index is -3.63. The third-order valence-electron chi connectivity index (χ3n) is 5.40. The minimum absolute atomic E-state index is 0.190. The van der Waals surface area contributed by atoms with E-state index in [1.165, 1.54) is 9.87 Å². The molecular formula is C22H24N2O4S. The molecule has 3 aromatic rings. The normalized spacial score (nSPS) is 15.8. The first-order valence-electron chi connectivity index (χ1n) is 9.71. The Bertz CT molecular complexity index is 1140. The molecule has 1 N–H and O–H groups in total. The van der Waals surface area contributed by atoms with Crippen LogP contribution in [0.3, 0.4) is 0 Å². The van der Waals surface area contributed by atoms with Crippen LogP contribution in [0.15, 0.2) is 47.4 Å². The summed E-state index contributed by atoms with van der Waals surface area (Å²) in [5, 5.41) is 0.609. The van der Waals surface area contributed by atoms with Crippen LogP contribution in [0.4, 0.5) is 0 Å². The number of benzene rings is 2. The van der Waals surface area contributed by atoms with Gasteiger partial charge in [0.25, 0.3) is 0 Å². The lowest BCUT2D eigenvalue weighted by atomic mass is 9.99. The average Bonchev–Trinajstić information content (AvgIpc) is 3.12. The Labute approximate surface area is 170 Å². The topological polar surface area (TPSA) is 79.5 Å². The number of aromatic nitrogens is 1. The number of nitrogens with zero attached hydrogens (tertiary/aromatic N) is 1. The molecule has 0 atom stereocenters. The fraction of sp³-hybridized carbons (Fsp3) is 0.318. The maximum absolute atomic E-state index is 13.0. The van der Waals surface area contributed by atoms with Gasteiger partial charge in [0.1, 0.15) is 0 Å². The van der Waals surface area contributed by atoms with E-state index in [4.69, 9.17) is 4.74 Å². The van der Waals surface area contributed by atoms with Gasteiger partial charge in [-0.25, -0.2) is 8.42 Å². The minimum Gasteiger partial charge on any atom is -0.379 e. The molecule has 0 radical (unpaired) electrons. The van der Waals surface area contributed by atoms with Gasteiger partial charge in [-0.1, -0.05) is 38.1 Å². The van der Waals surface area contributed by atoms with Gasteiger partial charge in [-0.15, -0.1) is 0 Å². The molecule has 4 rings (SSSR count). The maximum Gasteiger partial charge on any atom is 0.243 e. The predicted octanol–water partition coefficient (Wildman–Crippen LogP) is 3.79. The number of sulfonamides is 1. The van der Waals surface area contributed by atoms with Gasteiger partial charge >= 0.3 is 0 Å². The van der Waals surface area contributed by atoms with Crippen molar-refractivity contribution in [3.05, 3.63) is 53.6 Å². The van der Waals surface area contributed by atoms with Crippen LogP contribution in [0.5, 0.6) is 0 Å². The van der Waals surface area contributed by atoms with Crippen molar-refractivity contribution in [2.75, 3.05) is 26.3 Å². The second-order valence-electron chi connectivity index (χ2n) is 7.53. The molecule has 0 spiro atoms. The van der Waals surface area contributed by atoms with Gasteiger partial charge < -0.3 is 9.72 Å². The number of nitrogens with one attached hydrogen (secondary N) is 1. The van der Waals surface area contributed by atoms with Crippen LogP contribution < -0.4 is 0 Å². The van der Waals surface area contributed by atoms with Gasteiger partial charge in [0.15, 0.2) is 6.29 Å². The zero-order valence-electron chi connectivity index (χ0n) is 16.5. The summed E-state index contributed by atoms with van der Waals surface area (Å²) >= 11 is 0. The van der Waals surface area contributed by atoms with Crippen molar-refractivity contribution in [3.63, 3.8) is 0 Å². The van der Waals surface area contributed by atoms with Gasteiger partial charge in [0, 0.05) is 29.6 Å². The van der Waals surface area contributed by atoms with E-state index in [0.717, 1.165) is 17.4 Å². The molecule has 1 saturated heterocycles. The molecule has 1 aromatic heterocycles. The summed E-state index contributed by atoms with van der Waals surface area (Å²) in [5.41, 5.74) is 4.01. The zero-order valence-corrected chi connectivity index (χ0v) is 17.3. The van der Waals surface area contributed by atoms with Gasteiger partial charge in [-0.3, -0.25) is 4.79 Å². The van der Waals surface area contributed by atoms with E-state index in [1.54, 1.807) is 18.2 Å². The van der Waals surface area contributed by atoms with E-state index in [0.29, 0.717) is 48.9 Å². The smallest absolute Gasteiger partial charge is 0.243 e. The average molecular weight is 413 g/mol. The SMILES string of the molecule is CC(C)c1ccc(-c2[nH]c3ccc(S(=O)(=O)N4CCOCC4)cc3c2C=O)cc1. The fourth-order valence-electron chi connectivity index (χ4n) is 3.67. The van der Waals surface area contributed by atoms with Crippen LogP contribution in [-0.2, 0) is 14.8 Å². The summed E-state index contributed by atoms with van der Waals surface area (Å²) in [5.74, 6) is 0.422. The number of carbonyl (C=O) groups excluding carboxylic acids is 1. The van der Waals surface area contributed by atoms with Gasteiger partial charge in [0.2, 0.25) is 10.0 Å². The molecule has 2 aromatic carbocycles. The third kappa shape index (κ3) is 3.61. The number of rotatable bonds is 5. The molecule has 6 nitrogen and oxygen atoms in total. The standard InChI is InChI=1S/C22H24N2O4S/c1-15(2)16-3-5-17(6-4-16)22-20(14-25)19-13-18(7-8-21(19)23-22)29(26,27)24-9-11-28-12-10-24/h3-8,13-15,23H,9-12H2,1-2H3. The summed E-state index contributed by atoms with van der Waals surface area (Å²) in [7, 11) is -3.63. The van der Waals surface area contributed by atoms with Crippen LogP contribution in [-0.4, -0.2) is 50.3 Å². The molecule has 0 unspecified atom stereocenters. The number of aldehydes is 1. The van der Waals surface area contributed by atoms with Crippen LogP contribution >= 0.6 is 0 Å². The molecule has 0 aliphatic carbocycles. The number of fused-ring (bicyclic) bond motifs is 1. The number of morpholine rings is 1. The second-order valence-corrected chi connectivity index (χ2v) is 9.47. The zero-order chi connectivity index (χ0) is 20.6. The van der Waals surface area contributed by atoms with Crippen molar-refractivity contribution in [3.8, 4) is 11.3 Å². The van der Waals surface area contributed by atoms with E-state index < -0.39 is 10.0 Å². The summed E-state index contributed by atoms with van der Waals surface area (Å²) in [6.07, 6.45) is 0.787. The number of H-pyrrole nitrogens is 1. The molecular weight excluding hydrogens is 388 g/mol. The molecule has 1 aliphatic rings. The van der Waals surface area contributed by atoms with Crippen LogP contribution in [0.25, 0.3) is 22.2 Å². The maximum atomic E-state index is 13.0. The number of carbonyl (C=O) groups is 1. The number of hydrogen-bond acceptors (Lipinski definition) is 4. The Morgan fingerprint density at radius 1 is 1.07 bits per heavy atom. The number of ether oxygens (including phenoxy) is 1. The lowest BCUT2D eigenvalue weighted by Crippen LogP contribution is -2.40. The largest absolute Gasteiger partial charge is 0.379 e. The molecule has 0 saturated carbocycles. The van der Waals surface area contributed by atoms with E-state index in [9.17, 15) is 13.2 Å². The van der Waals surface area contributed by atoms with E-state index in [-0.39, 0.29) is 4.90 Å². The Kier molecular flexibility index (Phi) is 5.29. The van der Waals surface area contributed by atoms with Crippen molar-refractivity contribution >= 4 is 27.2 Å². The molecule has 152 valence electrons. The highest BCUT2D eigenvalue weighted by Gasteiger charge is 2.27. The Hall–Kier alpha value is -2.48. The summed E-state index contributed by atoms with van der Waals surface area (Å²) in [6, 6.07) is 13.0. The Balaban J connectivity index is 1.78. The first-order valence-corrected chi connectivity index (χ1v) is 11.1. The van der Waals surface area contributed by atoms with E-state index in [2.05, 4.69) is 31.0 Å². The predicted molar refractivity (Wildman–Crippen MR) is 113 cm³/mol. The van der Waals surface area contributed by atoms with Gasteiger partial charge in [-0.05, 0) is 35.2 Å². The van der Waals surface area contributed by atoms with Crippen LogP contribution in [0, 0.1) is 0 Å². The molecule has 7 heteroatoms. The number of aromatic amines is 1. The van der Waals surface area contributed by atoms with Crippen molar-refractivity contribution in [1.29, 1.82) is 0 Å². The van der Waals surface area contributed by atoms with Crippen LogP contribution in [0.1, 0.15) is 35.7 Å². The molecule has 29 heavy (non-hydrogen) atoms. The van der Waals surface area contributed by atoms with Crippen LogP contribution in [0.2, 0.25) is 0 Å². The quantitative estimate of drug-likeness (QED) is 0.647. The van der Waals surface area contributed by atoms with Crippen molar-refractivity contribution in [2.45, 2.75) is 24.7 Å². The molecule has 1 fully saturated rings. The molecule has 1 aliphatic heterocycles. The van der Waals surface area contributed by atoms with Gasteiger partial charge in [-0.2, -0.15) is 4.31 Å². The van der Waals surface area contributed by atoms with E-state index in [1.807, 2.05) is 12.1 Å². The Morgan fingerprint density at radius 3 is 2.38 bits per heavy atom. The third-order valence-corrected chi connectivity index (χ3v) is 7.30. The number of hydrogen-bond donors (Lipinski definition) is 1. The molecule has 0 amide bonds. The first-order chi connectivity index (χ1) is 13.9. The molecule has 0 bridgehead atoms. The highest BCUT2D eigenvalue weighted by molar-refractivity contribution is 7.89. The van der Waals surface area contributed by atoms with Gasteiger partial charge in [0.05, 0.1) is 23.8 Å². The van der Waals surface area contributed by atoms with Crippen molar-refractivity contribution < 1.29 is 17.9 Å². The molecule has 2 heterocycles. The summed E-state index contributed by atoms with van der Waals surface area (Å²) < 4.78 is 32.6. The van der Waals surface area contributed by atoms with Crippen molar-refractivity contribution in [2.24, 2.45) is 0 Å². The van der Waals surface area contributed by atoms with E-state index >= 15 is 0 Å². The monoisotopic (exact) mass is 412 g/mol. The lowest BCUT2D eigenvalue weighted by molar-refractivity contribution is 0.0730. The Morgan fingerprint density at radius 2 is 1.76 bits per heavy atom. The lowest BCUT2D eigenvalue weighted by Gasteiger charge is -2.26. The second kappa shape index (κ2) is 7.74. The highest BCUT2D eigenvalue weighted by atomic mass is 32.2. The summed E-state index contributed by atoms with van der Waals surface area (Å²) in [6.45, 7) is 5.71.